The highest BCUT2D eigenvalue weighted by Gasteiger charge is 2.15. The normalized spacial score (nSPS) is 15.9. The molecule has 0 unspecified atom stereocenters. The van der Waals surface area contributed by atoms with Crippen LogP contribution in [0.3, 0.4) is 0 Å². The largest absolute Gasteiger partial charge is 0.490 e. The van der Waals surface area contributed by atoms with Crippen LogP contribution in [-0.2, 0) is 0 Å². The van der Waals surface area contributed by atoms with E-state index in [1.54, 1.807) is 12.1 Å². The van der Waals surface area contributed by atoms with Crippen molar-refractivity contribution in [1.82, 2.24) is 0 Å². The summed E-state index contributed by atoms with van der Waals surface area (Å²) in [4.78, 5) is 0. The summed E-state index contributed by atoms with van der Waals surface area (Å²) < 4.78 is 19.4. The first-order valence-electron chi connectivity index (χ1n) is 6.35. The second kappa shape index (κ2) is 6.42. The van der Waals surface area contributed by atoms with Gasteiger partial charge in [-0.25, -0.2) is 4.39 Å². The fourth-order valence-electron chi connectivity index (χ4n) is 2.18. The van der Waals surface area contributed by atoms with Crippen LogP contribution < -0.4 is 4.74 Å². The van der Waals surface area contributed by atoms with Gasteiger partial charge >= 0.3 is 0 Å². The third-order valence-electron chi connectivity index (χ3n) is 3.10. The molecule has 0 aliphatic heterocycles. The first-order valence-corrected chi connectivity index (χ1v) is 6.35. The average molecular weight is 248 g/mol. The van der Waals surface area contributed by atoms with E-state index < -0.39 is 5.82 Å². The molecule has 1 aliphatic carbocycles. The van der Waals surface area contributed by atoms with E-state index in [-0.39, 0.29) is 12.7 Å². The number of rotatable bonds is 2. The third kappa shape index (κ3) is 3.48. The highest BCUT2D eigenvalue weighted by atomic mass is 19.1. The van der Waals surface area contributed by atoms with E-state index in [0.29, 0.717) is 11.3 Å². The van der Waals surface area contributed by atoms with Crippen LogP contribution in [0.4, 0.5) is 4.39 Å². The number of halogens is 1. The SMILES string of the molecule is OCC#Cc1ccc(OC2CCCCC2)cc1F. The average Bonchev–Trinajstić information content (AvgIpc) is 2.39. The van der Waals surface area contributed by atoms with E-state index in [0.717, 1.165) is 12.8 Å². The first-order chi connectivity index (χ1) is 8.79. The molecular formula is C15H17FO2. The van der Waals surface area contributed by atoms with Gasteiger partial charge in [-0.3, -0.25) is 0 Å². The lowest BCUT2D eigenvalue weighted by Gasteiger charge is -2.23. The molecule has 2 rings (SSSR count). The van der Waals surface area contributed by atoms with Gasteiger partial charge in [0, 0.05) is 6.07 Å². The zero-order valence-electron chi connectivity index (χ0n) is 10.3. The summed E-state index contributed by atoms with van der Waals surface area (Å²) >= 11 is 0. The van der Waals surface area contributed by atoms with Crippen molar-refractivity contribution in [3.8, 4) is 17.6 Å². The van der Waals surface area contributed by atoms with Crippen molar-refractivity contribution in [3.63, 3.8) is 0 Å². The Hall–Kier alpha value is -1.53. The molecule has 1 aromatic carbocycles. The Kier molecular flexibility index (Phi) is 4.60. The molecule has 0 heterocycles. The summed E-state index contributed by atoms with van der Waals surface area (Å²) in [5.41, 5.74) is 0.292. The van der Waals surface area contributed by atoms with Crippen molar-refractivity contribution in [3.05, 3.63) is 29.6 Å². The smallest absolute Gasteiger partial charge is 0.142 e. The maximum Gasteiger partial charge on any atom is 0.142 e. The standard InChI is InChI=1S/C15H17FO2/c16-15-11-14(9-8-12(15)5-4-10-17)18-13-6-2-1-3-7-13/h8-9,11,13,17H,1-3,6-7,10H2. The van der Waals surface area contributed by atoms with Crippen LogP contribution in [0.1, 0.15) is 37.7 Å². The number of benzene rings is 1. The van der Waals surface area contributed by atoms with Crippen molar-refractivity contribution in [2.45, 2.75) is 38.2 Å². The van der Waals surface area contributed by atoms with E-state index in [1.807, 2.05) is 0 Å². The van der Waals surface area contributed by atoms with Crippen molar-refractivity contribution in [2.24, 2.45) is 0 Å². The number of hydrogen-bond donors (Lipinski definition) is 1. The van der Waals surface area contributed by atoms with E-state index in [1.165, 1.54) is 25.3 Å². The van der Waals surface area contributed by atoms with Gasteiger partial charge in [-0.1, -0.05) is 18.3 Å². The van der Waals surface area contributed by atoms with Gasteiger partial charge in [0.25, 0.3) is 0 Å². The first kappa shape index (κ1) is 12.9. The molecule has 1 aromatic rings. The molecule has 1 aliphatic rings. The number of aliphatic hydroxyl groups is 1. The Labute approximate surface area is 107 Å². The number of ether oxygens (including phenoxy) is 1. The van der Waals surface area contributed by atoms with Crippen LogP contribution in [0.2, 0.25) is 0 Å². The maximum absolute atomic E-state index is 13.7. The molecule has 0 aromatic heterocycles. The van der Waals surface area contributed by atoms with Crippen LogP contribution in [-0.4, -0.2) is 17.8 Å². The molecule has 2 nitrogen and oxygen atoms in total. The minimum Gasteiger partial charge on any atom is -0.490 e. The topological polar surface area (TPSA) is 29.5 Å². The zero-order chi connectivity index (χ0) is 12.8. The molecule has 0 bridgehead atoms. The Bertz CT molecular complexity index is 453. The van der Waals surface area contributed by atoms with Gasteiger partial charge in [-0.15, -0.1) is 0 Å². The second-order valence-corrected chi connectivity index (χ2v) is 4.48. The number of hydrogen-bond acceptors (Lipinski definition) is 2. The van der Waals surface area contributed by atoms with Crippen LogP contribution in [0.15, 0.2) is 18.2 Å². The van der Waals surface area contributed by atoms with Crippen molar-refractivity contribution >= 4 is 0 Å². The summed E-state index contributed by atoms with van der Waals surface area (Å²) in [5.74, 6) is 5.16. The molecule has 1 fully saturated rings. The van der Waals surface area contributed by atoms with Crippen LogP contribution >= 0.6 is 0 Å². The molecule has 96 valence electrons. The molecular weight excluding hydrogens is 231 g/mol. The Morgan fingerprint density at radius 1 is 1.28 bits per heavy atom. The van der Waals surface area contributed by atoms with Crippen LogP contribution in [0.5, 0.6) is 5.75 Å². The zero-order valence-corrected chi connectivity index (χ0v) is 10.3. The fraction of sp³-hybridized carbons (Fsp3) is 0.467. The van der Waals surface area contributed by atoms with Crippen LogP contribution in [0.25, 0.3) is 0 Å². The molecule has 0 atom stereocenters. The monoisotopic (exact) mass is 248 g/mol. The number of aliphatic hydroxyl groups excluding tert-OH is 1. The summed E-state index contributed by atoms with van der Waals surface area (Å²) in [6.45, 7) is -0.264. The Morgan fingerprint density at radius 3 is 2.72 bits per heavy atom. The van der Waals surface area contributed by atoms with Gasteiger partial charge in [0.15, 0.2) is 0 Å². The molecule has 18 heavy (non-hydrogen) atoms. The van der Waals surface area contributed by atoms with E-state index >= 15 is 0 Å². The molecule has 0 amide bonds. The quantitative estimate of drug-likeness (QED) is 0.815. The van der Waals surface area contributed by atoms with Gasteiger partial charge in [0.05, 0.1) is 11.7 Å². The van der Waals surface area contributed by atoms with Gasteiger partial charge in [-0.2, -0.15) is 0 Å². The molecule has 0 saturated heterocycles. The minimum atomic E-state index is -0.399. The Morgan fingerprint density at radius 2 is 2.06 bits per heavy atom. The van der Waals surface area contributed by atoms with E-state index in [4.69, 9.17) is 9.84 Å². The maximum atomic E-state index is 13.7. The molecule has 0 radical (unpaired) electrons. The summed E-state index contributed by atoms with van der Waals surface area (Å²) in [6.07, 6.45) is 5.96. The van der Waals surface area contributed by atoms with Gasteiger partial charge in [0.2, 0.25) is 0 Å². The molecule has 3 heteroatoms. The van der Waals surface area contributed by atoms with Gasteiger partial charge in [0.1, 0.15) is 18.2 Å². The second-order valence-electron chi connectivity index (χ2n) is 4.48. The van der Waals surface area contributed by atoms with Crippen LogP contribution in [0, 0.1) is 17.7 Å². The summed E-state index contributed by atoms with van der Waals surface area (Å²) in [7, 11) is 0. The molecule has 1 N–H and O–H groups in total. The lowest BCUT2D eigenvalue weighted by Crippen LogP contribution is -2.19. The minimum absolute atomic E-state index is 0.215. The van der Waals surface area contributed by atoms with Crippen molar-refractivity contribution in [2.75, 3.05) is 6.61 Å². The fourth-order valence-corrected chi connectivity index (χ4v) is 2.18. The predicted octanol–water partition coefficient (Wildman–Crippen LogP) is 2.88. The molecule has 1 saturated carbocycles. The summed E-state index contributed by atoms with van der Waals surface area (Å²) in [6, 6.07) is 4.70. The lowest BCUT2D eigenvalue weighted by molar-refractivity contribution is 0.154. The highest BCUT2D eigenvalue weighted by molar-refractivity contribution is 5.39. The van der Waals surface area contributed by atoms with E-state index in [9.17, 15) is 4.39 Å². The predicted molar refractivity (Wildman–Crippen MR) is 67.9 cm³/mol. The van der Waals surface area contributed by atoms with Gasteiger partial charge in [-0.05, 0) is 37.8 Å². The van der Waals surface area contributed by atoms with Crippen molar-refractivity contribution in [1.29, 1.82) is 0 Å². The Balaban J connectivity index is 2.03. The summed E-state index contributed by atoms with van der Waals surface area (Å²) in [5, 5.41) is 8.57. The highest BCUT2D eigenvalue weighted by Crippen LogP contribution is 2.24. The molecule has 0 spiro atoms. The van der Waals surface area contributed by atoms with Gasteiger partial charge < -0.3 is 9.84 Å². The van der Waals surface area contributed by atoms with E-state index in [2.05, 4.69) is 11.8 Å². The lowest BCUT2D eigenvalue weighted by atomic mass is 9.98. The third-order valence-corrected chi connectivity index (χ3v) is 3.10. The van der Waals surface area contributed by atoms with Crippen molar-refractivity contribution < 1.29 is 14.2 Å².